The Balaban J connectivity index is 1.86. The van der Waals surface area contributed by atoms with Crippen molar-refractivity contribution in [2.45, 2.75) is 63.5 Å². The highest BCUT2D eigenvalue weighted by Gasteiger charge is 2.37. The van der Waals surface area contributed by atoms with Crippen LogP contribution < -0.4 is 10.0 Å². The molecule has 5 nitrogen and oxygen atoms in total. The largest absolute Gasteiger partial charge is 0.381 e. The number of rotatable bonds is 6. The molecule has 0 radical (unpaired) electrons. The van der Waals surface area contributed by atoms with E-state index in [1.165, 1.54) is 32.1 Å². The van der Waals surface area contributed by atoms with Gasteiger partial charge in [-0.2, -0.15) is 0 Å². The first-order valence-corrected chi connectivity index (χ1v) is 9.53. The van der Waals surface area contributed by atoms with Gasteiger partial charge in [-0.05, 0) is 39.2 Å². The van der Waals surface area contributed by atoms with Gasteiger partial charge in [-0.25, -0.2) is 13.1 Å². The molecule has 0 aromatic rings. The van der Waals surface area contributed by atoms with E-state index in [0.717, 1.165) is 19.4 Å². The Kier molecular flexibility index (Phi) is 5.84. The van der Waals surface area contributed by atoms with Crippen LogP contribution in [0.4, 0.5) is 0 Å². The first kappa shape index (κ1) is 16.2. The zero-order valence-corrected chi connectivity index (χ0v) is 13.3. The molecule has 0 bridgehead atoms. The number of hydrogen-bond acceptors (Lipinski definition) is 4. The van der Waals surface area contributed by atoms with Crippen LogP contribution in [0.25, 0.3) is 0 Å². The average molecular weight is 304 g/mol. The van der Waals surface area contributed by atoms with E-state index in [0.29, 0.717) is 6.61 Å². The third-order valence-corrected chi connectivity index (χ3v) is 5.88. The quantitative estimate of drug-likeness (QED) is 0.728. The van der Waals surface area contributed by atoms with Crippen LogP contribution in [-0.4, -0.2) is 45.5 Å². The van der Waals surface area contributed by atoms with Crippen molar-refractivity contribution in [3.8, 4) is 0 Å². The van der Waals surface area contributed by atoms with E-state index in [1.807, 2.05) is 6.92 Å². The molecule has 0 amide bonds. The fraction of sp³-hybridized carbons (Fsp3) is 1.00. The molecule has 118 valence electrons. The lowest BCUT2D eigenvalue weighted by molar-refractivity contribution is 0.160. The Morgan fingerprint density at radius 3 is 2.75 bits per heavy atom. The lowest BCUT2D eigenvalue weighted by Crippen LogP contribution is -2.57. The highest BCUT2D eigenvalue weighted by molar-refractivity contribution is 7.89. The summed E-state index contributed by atoms with van der Waals surface area (Å²) in [5.74, 6) is 0.0672. The second-order valence-electron chi connectivity index (χ2n) is 6.09. The van der Waals surface area contributed by atoms with Crippen LogP contribution in [-0.2, 0) is 14.8 Å². The zero-order chi connectivity index (χ0) is 14.5. The van der Waals surface area contributed by atoms with Crippen molar-refractivity contribution in [3.05, 3.63) is 0 Å². The van der Waals surface area contributed by atoms with Crippen molar-refractivity contribution in [1.29, 1.82) is 0 Å². The Hall–Kier alpha value is -0.170. The Morgan fingerprint density at radius 2 is 2.05 bits per heavy atom. The summed E-state index contributed by atoms with van der Waals surface area (Å²) in [4.78, 5) is 0. The van der Waals surface area contributed by atoms with E-state index in [4.69, 9.17) is 4.74 Å². The summed E-state index contributed by atoms with van der Waals surface area (Å²) in [6.07, 6.45) is 8.02. The van der Waals surface area contributed by atoms with Crippen molar-refractivity contribution in [1.82, 2.24) is 10.0 Å². The Labute approximate surface area is 122 Å². The topological polar surface area (TPSA) is 67.4 Å². The first-order chi connectivity index (χ1) is 9.55. The third-order valence-electron chi connectivity index (χ3n) is 4.49. The van der Waals surface area contributed by atoms with E-state index in [1.54, 1.807) is 0 Å². The molecule has 2 rings (SSSR count). The first-order valence-electron chi connectivity index (χ1n) is 7.88. The van der Waals surface area contributed by atoms with Crippen LogP contribution >= 0.6 is 0 Å². The van der Waals surface area contributed by atoms with Crippen molar-refractivity contribution < 1.29 is 13.2 Å². The molecule has 1 atom stereocenters. The lowest BCUT2D eigenvalue weighted by Gasteiger charge is -2.44. The normalized spacial score (nSPS) is 26.8. The summed E-state index contributed by atoms with van der Waals surface area (Å²) in [5.41, 5.74) is 0.184. The number of hydrogen-bond donors (Lipinski definition) is 2. The SMILES string of the molecule is CCOCCS(=O)(=O)NC1CCNC2(CCCCC2)C1. The molecule has 20 heavy (non-hydrogen) atoms. The van der Waals surface area contributed by atoms with Gasteiger partial charge in [0, 0.05) is 18.2 Å². The molecule has 1 spiro atoms. The molecule has 1 aliphatic carbocycles. The molecular weight excluding hydrogens is 276 g/mol. The van der Waals surface area contributed by atoms with Gasteiger partial charge >= 0.3 is 0 Å². The van der Waals surface area contributed by atoms with Crippen LogP contribution in [0, 0.1) is 0 Å². The van der Waals surface area contributed by atoms with Gasteiger partial charge in [0.2, 0.25) is 10.0 Å². The summed E-state index contributed by atoms with van der Waals surface area (Å²) in [6, 6.07) is 0.0842. The maximum Gasteiger partial charge on any atom is 0.214 e. The van der Waals surface area contributed by atoms with Crippen molar-refractivity contribution in [3.63, 3.8) is 0 Å². The predicted octanol–water partition coefficient (Wildman–Crippen LogP) is 1.40. The van der Waals surface area contributed by atoms with Crippen LogP contribution in [0.15, 0.2) is 0 Å². The molecule has 1 unspecified atom stereocenters. The second kappa shape index (κ2) is 7.20. The summed E-state index contributed by atoms with van der Waals surface area (Å²) in [5, 5.41) is 3.64. The predicted molar refractivity (Wildman–Crippen MR) is 80.3 cm³/mol. The molecule has 2 aliphatic rings. The fourth-order valence-corrected chi connectivity index (χ4v) is 4.66. The van der Waals surface area contributed by atoms with Gasteiger partial charge in [0.25, 0.3) is 0 Å². The highest BCUT2D eigenvalue weighted by atomic mass is 32.2. The molecule has 1 heterocycles. The van der Waals surface area contributed by atoms with Crippen LogP contribution in [0.1, 0.15) is 51.9 Å². The average Bonchev–Trinajstić information content (AvgIpc) is 2.39. The minimum Gasteiger partial charge on any atom is -0.381 e. The molecule has 0 aromatic heterocycles. The van der Waals surface area contributed by atoms with Gasteiger partial charge in [-0.1, -0.05) is 19.3 Å². The van der Waals surface area contributed by atoms with Crippen LogP contribution in [0.5, 0.6) is 0 Å². The number of piperidine rings is 1. The van der Waals surface area contributed by atoms with Crippen molar-refractivity contribution >= 4 is 10.0 Å². The van der Waals surface area contributed by atoms with Gasteiger partial charge in [0.05, 0.1) is 12.4 Å². The molecule has 2 N–H and O–H groups in total. The van der Waals surface area contributed by atoms with Gasteiger partial charge in [-0.3, -0.25) is 0 Å². The summed E-state index contributed by atoms with van der Waals surface area (Å²) < 4.78 is 32.1. The van der Waals surface area contributed by atoms with Crippen molar-refractivity contribution in [2.75, 3.05) is 25.5 Å². The summed E-state index contributed by atoms with van der Waals surface area (Å²) in [7, 11) is -3.21. The Morgan fingerprint density at radius 1 is 1.30 bits per heavy atom. The van der Waals surface area contributed by atoms with Crippen molar-refractivity contribution in [2.24, 2.45) is 0 Å². The molecule has 0 aromatic carbocycles. The molecule has 1 saturated carbocycles. The van der Waals surface area contributed by atoms with Crippen LogP contribution in [0.2, 0.25) is 0 Å². The van der Waals surface area contributed by atoms with Gasteiger partial charge in [0.1, 0.15) is 0 Å². The smallest absolute Gasteiger partial charge is 0.214 e. The highest BCUT2D eigenvalue weighted by Crippen LogP contribution is 2.34. The maximum absolute atomic E-state index is 12.0. The molecule has 2 fully saturated rings. The third kappa shape index (κ3) is 4.69. The number of ether oxygens (including phenoxy) is 1. The summed E-state index contributed by atoms with van der Waals surface area (Å²) in [6.45, 7) is 3.63. The minimum atomic E-state index is -3.21. The lowest BCUT2D eigenvalue weighted by atomic mass is 9.75. The molecular formula is C14H28N2O3S. The van der Waals surface area contributed by atoms with E-state index in [2.05, 4.69) is 10.0 Å². The van der Waals surface area contributed by atoms with E-state index < -0.39 is 10.0 Å². The summed E-state index contributed by atoms with van der Waals surface area (Å²) >= 11 is 0. The zero-order valence-electron chi connectivity index (χ0n) is 12.5. The Bertz CT molecular complexity index is 386. The molecule has 6 heteroatoms. The second-order valence-corrected chi connectivity index (χ2v) is 7.96. The maximum atomic E-state index is 12.0. The fourth-order valence-electron chi connectivity index (χ4n) is 3.49. The van der Waals surface area contributed by atoms with E-state index >= 15 is 0 Å². The van der Waals surface area contributed by atoms with E-state index in [-0.39, 0.29) is 23.9 Å². The van der Waals surface area contributed by atoms with Gasteiger partial charge in [-0.15, -0.1) is 0 Å². The van der Waals surface area contributed by atoms with Crippen LogP contribution in [0.3, 0.4) is 0 Å². The monoisotopic (exact) mass is 304 g/mol. The van der Waals surface area contributed by atoms with Gasteiger partial charge < -0.3 is 10.1 Å². The standard InChI is InChI=1S/C14H28N2O3S/c1-2-19-10-11-20(17,18)16-13-6-9-15-14(12-13)7-4-3-5-8-14/h13,15-16H,2-12H2,1H3. The number of nitrogens with one attached hydrogen (secondary N) is 2. The van der Waals surface area contributed by atoms with Gasteiger partial charge in [0.15, 0.2) is 0 Å². The molecule has 1 saturated heterocycles. The number of sulfonamides is 1. The molecule has 1 aliphatic heterocycles. The minimum absolute atomic E-state index is 0.0672. The van der Waals surface area contributed by atoms with E-state index in [9.17, 15) is 8.42 Å².